The van der Waals surface area contributed by atoms with Crippen LogP contribution in [0.25, 0.3) is 10.2 Å². The average Bonchev–Trinajstić information content (AvgIpc) is 2.80. The second kappa shape index (κ2) is 7.92. The van der Waals surface area contributed by atoms with Crippen LogP contribution in [0.2, 0.25) is 0 Å². The van der Waals surface area contributed by atoms with Crippen molar-refractivity contribution in [3.63, 3.8) is 0 Å². The van der Waals surface area contributed by atoms with Gasteiger partial charge in [-0.3, -0.25) is 9.59 Å². The summed E-state index contributed by atoms with van der Waals surface area (Å²) in [7, 11) is 0. The van der Waals surface area contributed by atoms with Gasteiger partial charge in [0.1, 0.15) is 0 Å². The number of halogens is 1. The zero-order valence-corrected chi connectivity index (χ0v) is 12.9. The van der Waals surface area contributed by atoms with Crippen molar-refractivity contribution in [2.75, 3.05) is 6.54 Å². The van der Waals surface area contributed by atoms with E-state index >= 15 is 0 Å². The van der Waals surface area contributed by atoms with E-state index in [0.717, 1.165) is 15.2 Å². The molecule has 1 aromatic carbocycles. The molecule has 1 atom stereocenters. The number of carbonyl (C=O) groups is 2. The number of aromatic nitrogens is 1. The molecule has 2 amide bonds. The molecule has 0 aliphatic heterocycles. The summed E-state index contributed by atoms with van der Waals surface area (Å²) in [6.45, 7) is 0.436. The van der Waals surface area contributed by atoms with Gasteiger partial charge in [-0.05, 0) is 12.1 Å². The molecule has 0 radical (unpaired) electrons. The van der Waals surface area contributed by atoms with Crippen LogP contribution in [0, 0.1) is 0 Å². The van der Waals surface area contributed by atoms with Crippen molar-refractivity contribution in [1.82, 2.24) is 10.3 Å². The van der Waals surface area contributed by atoms with E-state index in [2.05, 4.69) is 10.3 Å². The van der Waals surface area contributed by atoms with Gasteiger partial charge in [-0.1, -0.05) is 12.1 Å². The number of hydrogen-bond acceptors (Lipinski definition) is 5. The Morgan fingerprint density at radius 2 is 2.05 bits per heavy atom. The first kappa shape index (κ1) is 17.4. The fourth-order valence-corrected chi connectivity index (χ4v) is 2.73. The van der Waals surface area contributed by atoms with Crippen LogP contribution in [0.1, 0.15) is 11.4 Å². The molecule has 114 valence electrons. The topological polar surface area (TPSA) is 111 Å². The molecule has 1 unspecified atom stereocenters. The maximum absolute atomic E-state index is 11.6. The molecular weight excluding hydrogens is 312 g/mol. The van der Waals surface area contributed by atoms with Gasteiger partial charge in [0, 0.05) is 13.0 Å². The Labute approximate surface area is 132 Å². The van der Waals surface area contributed by atoms with Crippen molar-refractivity contribution in [2.45, 2.75) is 18.9 Å². The minimum Gasteiger partial charge on any atom is -0.370 e. The van der Waals surface area contributed by atoms with Crippen LogP contribution in [0.15, 0.2) is 24.3 Å². The standard InChI is InChI=1S/C13H16N4O2S.ClH/c14-8(7-11(15)18)13(19)16-6-5-12-17-9-3-1-2-4-10(9)20-12;/h1-4,8H,5-7,14H2,(H2,15,18)(H,16,19);1H. The summed E-state index contributed by atoms with van der Waals surface area (Å²) in [4.78, 5) is 26.7. The van der Waals surface area contributed by atoms with Gasteiger partial charge in [0.25, 0.3) is 0 Å². The fourth-order valence-electron chi connectivity index (χ4n) is 1.76. The van der Waals surface area contributed by atoms with E-state index in [1.807, 2.05) is 24.3 Å². The minimum atomic E-state index is -0.886. The predicted molar refractivity (Wildman–Crippen MR) is 85.4 cm³/mol. The number of amides is 2. The maximum atomic E-state index is 11.6. The lowest BCUT2D eigenvalue weighted by atomic mass is 10.2. The summed E-state index contributed by atoms with van der Waals surface area (Å²) in [5, 5.41) is 3.63. The van der Waals surface area contributed by atoms with Crippen LogP contribution in [-0.2, 0) is 16.0 Å². The smallest absolute Gasteiger partial charge is 0.237 e. The molecule has 1 aromatic heterocycles. The number of benzene rings is 1. The third-order valence-corrected chi connectivity index (χ3v) is 3.83. The number of primary amides is 1. The number of thiazole rings is 1. The average molecular weight is 329 g/mol. The van der Waals surface area contributed by atoms with Crippen LogP contribution < -0.4 is 16.8 Å². The second-order valence-corrected chi connectivity index (χ2v) is 5.51. The van der Waals surface area contributed by atoms with Gasteiger partial charge in [-0.15, -0.1) is 23.7 Å². The number of nitrogens with two attached hydrogens (primary N) is 2. The van der Waals surface area contributed by atoms with E-state index in [0.29, 0.717) is 13.0 Å². The highest BCUT2D eigenvalue weighted by Crippen LogP contribution is 2.21. The van der Waals surface area contributed by atoms with Crippen LogP contribution in [0.3, 0.4) is 0 Å². The summed E-state index contributed by atoms with van der Waals surface area (Å²) >= 11 is 1.60. The minimum absolute atomic E-state index is 0. The Balaban J connectivity index is 0.00000220. The lowest BCUT2D eigenvalue weighted by Gasteiger charge is -2.09. The van der Waals surface area contributed by atoms with Gasteiger partial charge in [0.05, 0.1) is 27.7 Å². The highest BCUT2D eigenvalue weighted by molar-refractivity contribution is 7.18. The molecule has 0 saturated carbocycles. The van der Waals surface area contributed by atoms with E-state index in [-0.39, 0.29) is 24.7 Å². The molecule has 0 aliphatic rings. The first-order valence-corrected chi connectivity index (χ1v) is 7.04. The molecule has 2 rings (SSSR count). The lowest BCUT2D eigenvalue weighted by Crippen LogP contribution is -2.43. The predicted octanol–water partition coefficient (Wildman–Crippen LogP) is 0.580. The Morgan fingerprint density at radius 1 is 1.33 bits per heavy atom. The Kier molecular flexibility index (Phi) is 6.54. The van der Waals surface area contributed by atoms with Gasteiger partial charge in [0.2, 0.25) is 11.8 Å². The number of nitrogens with one attached hydrogen (secondary N) is 1. The summed E-state index contributed by atoms with van der Waals surface area (Å²) in [5.41, 5.74) is 11.5. The zero-order chi connectivity index (χ0) is 14.5. The molecule has 8 heteroatoms. The van der Waals surface area contributed by atoms with Gasteiger partial charge in [-0.2, -0.15) is 0 Å². The Hall–Kier alpha value is -1.70. The third-order valence-electron chi connectivity index (χ3n) is 2.73. The van der Waals surface area contributed by atoms with Crippen molar-refractivity contribution in [3.8, 4) is 0 Å². The number of carbonyl (C=O) groups excluding carboxylic acids is 2. The van der Waals surface area contributed by atoms with E-state index in [1.165, 1.54) is 0 Å². The number of nitrogens with zero attached hydrogens (tertiary/aromatic N) is 1. The number of para-hydroxylation sites is 1. The Morgan fingerprint density at radius 3 is 2.71 bits per heavy atom. The summed E-state index contributed by atoms with van der Waals surface area (Å²) in [6, 6.07) is 6.99. The van der Waals surface area contributed by atoms with Gasteiger partial charge < -0.3 is 16.8 Å². The fraction of sp³-hybridized carbons (Fsp3) is 0.308. The third kappa shape index (κ3) is 4.96. The highest BCUT2D eigenvalue weighted by Gasteiger charge is 2.15. The molecule has 6 nitrogen and oxygen atoms in total. The summed E-state index contributed by atoms with van der Waals surface area (Å²) in [6.07, 6.45) is 0.487. The molecule has 1 heterocycles. The monoisotopic (exact) mass is 328 g/mol. The number of fused-ring (bicyclic) bond motifs is 1. The van der Waals surface area contributed by atoms with E-state index in [1.54, 1.807) is 11.3 Å². The zero-order valence-electron chi connectivity index (χ0n) is 11.2. The quantitative estimate of drug-likeness (QED) is 0.720. The highest BCUT2D eigenvalue weighted by atomic mass is 35.5. The van der Waals surface area contributed by atoms with Crippen LogP contribution in [0.4, 0.5) is 0 Å². The van der Waals surface area contributed by atoms with Gasteiger partial charge >= 0.3 is 0 Å². The molecule has 0 bridgehead atoms. The molecule has 0 saturated heterocycles. The van der Waals surface area contributed by atoms with Gasteiger partial charge in [0.15, 0.2) is 0 Å². The lowest BCUT2D eigenvalue weighted by molar-refractivity contribution is -0.126. The number of rotatable bonds is 6. The molecule has 21 heavy (non-hydrogen) atoms. The molecule has 5 N–H and O–H groups in total. The van der Waals surface area contributed by atoms with E-state index in [9.17, 15) is 9.59 Å². The van der Waals surface area contributed by atoms with Crippen LogP contribution >= 0.6 is 23.7 Å². The van der Waals surface area contributed by atoms with Crippen molar-refractivity contribution in [2.24, 2.45) is 11.5 Å². The SMILES string of the molecule is Cl.NC(=O)CC(N)C(=O)NCCc1nc2ccccc2s1. The van der Waals surface area contributed by atoms with Crippen molar-refractivity contribution in [3.05, 3.63) is 29.3 Å². The van der Waals surface area contributed by atoms with Gasteiger partial charge in [-0.25, -0.2) is 4.98 Å². The van der Waals surface area contributed by atoms with Crippen molar-refractivity contribution < 1.29 is 9.59 Å². The largest absolute Gasteiger partial charge is 0.370 e. The first-order chi connectivity index (χ1) is 9.56. The van der Waals surface area contributed by atoms with Crippen LogP contribution in [0.5, 0.6) is 0 Å². The second-order valence-electron chi connectivity index (χ2n) is 4.39. The maximum Gasteiger partial charge on any atom is 0.237 e. The molecule has 0 aliphatic carbocycles. The van der Waals surface area contributed by atoms with Crippen LogP contribution in [-0.4, -0.2) is 29.4 Å². The molecular formula is C13H17ClN4O2S. The van der Waals surface area contributed by atoms with E-state index in [4.69, 9.17) is 11.5 Å². The first-order valence-electron chi connectivity index (χ1n) is 6.22. The number of hydrogen-bond donors (Lipinski definition) is 3. The summed E-state index contributed by atoms with van der Waals surface area (Å²) < 4.78 is 1.12. The molecule has 2 aromatic rings. The Bertz CT molecular complexity index is 598. The molecule has 0 spiro atoms. The van der Waals surface area contributed by atoms with Crippen molar-refractivity contribution in [1.29, 1.82) is 0 Å². The normalized spacial score (nSPS) is 11.7. The van der Waals surface area contributed by atoms with E-state index < -0.39 is 11.9 Å². The van der Waals surface area contributed by atoms with Crippen molar-refractivity contribution >= 4 is 45.8 Å². The molecule has 0 fully saturated rings. The summed E-state index contributed by atoms with van der Waals surface area (Å²) in [5.74, 6) is -0.955.